The Balaban J connectivity index is 2.35. The second kappa shape index (κ2) is 5.02. The average Bonchev–Trinajstić information content (AvgIpc) is 2.36. The number of nitriles is 1. The fraction of sp³-hybridized carbons (Fsp3) is 0. The lowest BCUT2D eigenvalue weighted by molar-refractivity contribution is 0.460. The van der Waals surface area contributed by atoms with Crippen molar-refractivity contribution in [1.29, 1.82) is 5.26 Å². The van der Waals surface area contributed by atoms with Gasteiger partial charge in [-0.05, 0) is 34.1 Å². The highest BCUT2D eigenvalue weighted by Crippen LogP contribution is 2.29. The van der Waals surface area contributed by atoms with Gasteiger partial charge in [-0.25, -0.2) is 9.37 Å². The Labute approximate surface area is 111 Å². The fourth-order valence-corrected chi connectivity index (χ4v) is 1.53. The molecule has 90 valence electrons. The molecule has 1 aromatic carbocycles. The van der Waals surface area contributed by atoms with Crippen LogP contribution in [0.3, 0.4) is 0 Å². The van der Waals surface area contributed by atoms with Crippen LogP contribution in [0.25, 0.3) is 0 Å². The number of halogens is 2. The number of nitrogens with two attached hydrogens (primary N) is 1. The van der Waals surface area contributed by atoms with Crippen LogP contribution in [0.15, 0.2) is 34.9 Å². The quantitative estimate of drug-likeness (QED) is 0.924. The van der Waals surface area contributed by atoms with Gasteiger partial charge in [-0.3, -0.25) is 0 Å². The number of ether oxygens (including phenoxy) is 1. The number of nitrogens with zero attached hydrogens (tertiary/aromatic N) is 2. The molecule has 2 rings (SSSR count). The monoisotopic (exact) mass is 307 g/mol. The van der Waals surface area contributed by atoms with Crippen LogP contribution >= 0.6 is 15.9 Å². The minimum absolute atomic E-state index is 0.0794. The molecule has 18 heavy (non-hydrogen) atoms. The minimum Gasteiger partial charge on any atom is -0.437 e. The van der Waals surface area contributed by atoms with E-state index in [1.54, 1.807) is 6.07 Å². The number of benzene rings is 1. The smallest absolute Gasteiger partial charge is 0.244 e. The van der Waals surface area contributed by atoms with Crippen molar-refractivity contribution in [3.63, 3.8) is 0 Å². The summed E-state index contributed by atoms with van der Waals surface area (Å²) in [6, 6.07) is 7.66. The number of nitrogen functional groups attached to an aromatic ring is 1. The molecule has 0 fully saturated rings. The molecule has 0 atom stereocenters. The highest BCUT2D eigenvalue weighted by molar-refractivity contribution is 9.10. The van der Waals surface area contributed by atoms with E-state index in [9.17, 15) is 4.39 Å². The molecule has 0 saturated carbocycles. The first-order valence-corrected chi connectivity index (χ1v) is 5.68. The number of hydrogen-bond donors (Lipinski definition) is 1. The van der Waals surface area contributed by atoms with Crippen LogP contribution < -0.4 is 10.5 Å². The molecule has 6 heteroatoms. The molecule has 0 amide bonds. The third kappa shape index (κ3) is 2.41. The third-order valence-corrected chi connectivity index (χ3v) is 2.82. The van der Waals surface area contributed by atoms with Crippen LogP contribution in [0.1, 0.15) is 5.56 Å². The first kappa shape index (κ1) is 12.3. The number of rotatable bonds is 2. The molecule has 0 aliphatic heterocycles. The highest BCUT2D eigenvalue weighted by atomic mass is 79.9. The van der Waals surface area contributed by atoms with E-state index in [0.717, 1.165) is 0 Å². The zero-order valence-electron chi connectivity index (χ0n) is 9.02. The maximum Gasteiger partial charge on any atom is 0.244 e. The summed E-state index contributed by atoms with van der Waals surface area (Å²) in [5.74, 6) is -0.122. The first-order valence-electron chi connectivity index (χ1n) is 4.89. The summed E-state index contributed by atoms with van der Waals surface area (Å²) in [6.45, 7) is 0. The van der Waals surface area contributed by atoms with Crippen LogP contribution in [0.4, 0.5) is 10.1 Å². The van der Waals surface area contributed by atoms with E-state index in [2.05, 4.69) is 20.9 Å². The largest absolute Gasteiger partial charge is 0.437 e. The van der Waals surface area contributed by atoms with E-state index in [0.29, 0.717) is 4.47 Å². The predicted octanol–water partition coefficient (Wildman–Crippen LogP) is 3.23. The molecule has 1 aromatic heterocycles. The van der Waals surface area contributed by atoms with Crippen molar-refractivity contribution in [3.05, 3.63) is 46.3 Å². The summed E-state index contributed by atoms with van der Waals surface area (Å²) < 4.78 is 19.0. The standard InChI is InChI=1S/C12H7BrFN3O/c13-9-2-1-8(5-10(9)14)18-12-11(16)7(6-15)3-4-17-12/h1-5H,16H2. The van der Waals surface area contributed by atoms with Crippen LogP contribution in [0, 0.1) is 17.1 Å². The summed E-state index contributed by atoms with van der Waals surface area (Å²) >= 11 is 3.04. The van der Waals surface area contributed by atoms with Crippen molar-refractivity contribution in [2.24, 2.45) is 0 Å². The maximum atomic E-state index is 13.3. The van der Waals surface area contributed by atoms with Gasteiger partial charge in [-0.1, -0.05) is 0 Å². The summed E-state index contributed by atoms with van der Waals surface area (Å²) in [5.41, 5.74) is 6.09. The van der Waals surface area contributed by atoms with Gasteiger partial charge in [0.15, 0.2) is 0 Å². The van der Waals surface area contributed by atoms with Gasteiger partial charge in [-0.15, -0.1) is 0 Å². The maximum absolute atomic E-state index is 13.3. The van der Waals surface area contributed by atoms with Crippen molar-refractivity contribution in [2.75, 3.05) is 5.73 Å². The lowest BCUT2D eigenvalue weighted by atomic mass is 10.2. The minimum atomic E-state index is -0.456. The second-order valence-corrected chi connectivity index (χ2v) is 4.22. The molecule has 0 unspecified atom stereocenters. The lowest BCUT2D eigenvalue weighted by Crippen LogP contribution is -1.98. The molecule has 0 aliphatic carbocycles. The molecule has 0 radical (unpaired) electrons. The van der Waals surface area contributed by atoms with Gasteiger partial charge >= 0.3 is 0 Å². The van der Waals surface area contributed by atoms with Crippen LogP contribution in [-0.4, -0.2) is 4.98 Å². The molecule has 0 aliphatic rings. The first-order chi connectivity index (χ1) is 8.61. The molecule has 0 spiro atoms. The van der Waals surface area contributed by atoms with Gasteiger partial charge in [-0.2, -0.15) is 5.26 Å². The Hall–Kier alpha value is -2.13. The van der Waals surface area contributed by atoms with Crippen molar-refractivity contribution < 1.29 is 9.13 Å². The van der Waals surface area contributed by atoms with E-state index in [-0.39, 0.29) is 22.9 Å². The Morgan fingerprint density at radius 2 is 2.17 bits per heavy atom. The zero-order chi connectivity index (χ0) is 13.1. The second-order valence-electron chi connectivity index (χ2n) is 3.37. The van der Waals surface area contributed by atoms with Gasteiger partial charge in [0, 0.05) is 12.3 Å². The molecule has 4 nitrogen and oxygen atoms in total. The summed E-state index contributed by atoms with van der Waals surface area (Å²) in [5, 5.41) is 8.81. The Morgan fingerprint density at radius 1 is 1.39 bits per heavy atom. The number of pyridine rings is 1. The molecule has 2 N–H and O–H groups in total. The van der Waals surface area contributed by atoms with Crippen LogP contribution in [-0.2, 0) is 0 Å². The molecular weight excluding hydrogens is 301 g/mol. The Kier molecular flexibility index (Phi) is 3.44. The van der Waals surface area contributed by atoms with E-state index >= 15 is 0 Å². The molecule has 1 heterocycles. The van der Waals surface area contributed by atoms with Crippen molar-refractivity contribution in [2.45, 2.75) is 0 Å². The van der Waals surface area contributed by atoms with Crippen molar-refractivity contribution in [3.8, 4) is 17.7 Å². The summed E-state index contributed by atoms with van der Waals surface area (Å²) in [7, 11) is 0. The Morgan fingerprint density at radius 3 is 2.83 bits per heavy atom. The van der Waals surface area contributed by atoms with Gasteiger partial charge in [0.05, 0.1) is 10.0 Å². The van der Waals surface area contributed by atoms with Gasteiger partial charge in [0.1, 0.15) is 23.3 Å². The van der Waals surface area contributed by atoms with Gasteiger partial charge < -0.3 is 10.5 Å². The number of hydrogen-bond acceptors (Lipinski definition) is 4. The number of anilines is 1. The van der Waals surface area contributed by atoms with E-state index in [1.165, 1.54) is 24.4 Å². The lowest BCUT2D eigenvalue weighted by Gasteiger charge is -2.08. The summed E-state index contributed by atoms with van der Waals surface area (Å²) in [6.07, 6.45) is 1.40. The van der Waals surface area contributed by atoms with E-state index < -0.39 is 5.82 Å². The summed E-state index contributed by atoms with van der Waals surface area (Å²) in [4.78, 5) is 3.90. The van der Waals surface area contributed by atoms with Crippen molar-refractivity contribution in [1.82, 2.24) is 4.98 Å². The Bertz CT molecular complexity index is 640. The number of aromatic nitrogens is 1. The van der Waals surface area contributed by atoms with E-state index in [4.69, 9.17) is 15.7 Å². The predicted molar refractivity (Wildman–Crippen MR) is 67.5 cm³/mol. The topological polar surface area (TPSA) is 71.9 Å². The normalized spacial score (nSPS) is 9.83. The van der Waals surface area contributed by atoms with Gasteiger partial charge in [0.2, 0.25) is 5.88 Å². The molecule has 0 bridgehead atoms. The SMILES string of the molecule is N#Cc1ccnc(Oc2ccc(Br)c(F)c2)c1N. The fourth-order valence-electron chi connectivity index (χ4n) is 1.28. The van der Waals surface area contributed by atoms with Gasteiger partial charge in [0.25, 0.3) is 0 Å². The molecule has 2 aromatic rings. The van der Waals surface area contributed by atoms with E-state index in [1.807, 2.05) is 6.07 Å². The molecular formula is C12H7BrFN3O. The van der Waals surface area contributed by atoms with Crippen LogP contribution in [0.5, 0.6) is 11.6 Å². The van der Waals surface area contributed by atoms with Crippen LogP contribution in [0.2, 0.25) is 0 Å². The average molecular weight is 308 g/mol. The molecule has 0 saturated heterocycles. The van der Waals surface area contributed by atoms with Crippen molar-refractivity contribution >= 4 is 21.6 Å². The zero-order valence-corrected chi connectivity index (χ0v) is 10.6. The highest BCUT2D eigenvalue weighted by Gasteiger charge is 2.09. The third-order valence-electron chi connectivity index (χ3n) is 2.18.